The molecule has 1 saturated heterocycles. The third-order valence-electron chi connectivity index (χ3n) is 8.91. The lowest BCUT2D eigenvalue weighted by Crippen LogP contribution is -2.62. The standard InChI is InChI=1S/C27H37F2N3O5/c1-2-8-36-24-19(4-5-20(31-24)26(14-21(33)34)6-3-7-30-15-26)23(35)32-22-17-9-16-10-18(22)13-27(11-16,12-17)37-25(28)29/h4-5,16-18,22,25,30H,2-3,6-15H2,1H3,(H,32,35)(H,33,34)/t16?,17?,18?,22-,26-,27+/m0/s1. The first-order chi connectivity index (χ1) is 17.7. The topological polar surface area (TPSA) is 110 Å². The number of alkyl halides is 2. The van der Waals surface area contributed by atoms with E-state index in [9.17, 15) is 23.5 Å². The van der Waals surface area contributed by atoms with Gasteiger partial charge in [-0.1, -0.05) is 6.92 Å². The predicted octanol–water partition coefficient (Wildman–Crippen LogP) is 3.88. The van der Waals surface area contributed by atoms with E-state index in [1.165, 1.54) is 0 Å². The second-order valence-electron chi connectivity index (χ2n) is 11.6. The molecule has 2 heterocycles. The van der Waals surface area contributed by atoms with Crippen molar-refractivity contribution in [2.24, 2.45) is 17.8 Å². The minimum absolute atomic E-state index is 0.0548. The number of pyridine rings is 1. The van der Waals surface area contributed by atoms with Gasteiger partial charge in [-0.2, -0.15) is 8.78 Å². The van der Waals surface area contributed by atoms with Crippen LogP contribution in [0.3, 0.4) is 0 Å². The zero-order valence-corrected chi connectivity index (χ0v) is 21.3. The van der Waals surface area contributed by atoms with Crippen molar-refractivity contribution in [2.45, 2.75) is 88.4 Å². The molecule has 0 spiro atoms. The summed E-state index contributed by atoms with van der Waals surface area (Å²) in [6, 6.07) is 3.35. The molecule has 37 heavy (non-hydrogen) atoms. The maximum atomic E-state index is 13.5. The number of hydrogen-bond donors (Lipinski definition) is 3. The molecule has 1 aliphatic heterocycles. The number of amides is 1. The summed E-state index contributed by atoms with van der Waals surface area (Å²) in [7, 11) is 0. The molecule has 8 nitrogen and oxygen atoms in total. The number of nitrogens with zero attached hydrogens (tertiary/aromatic N) is 1. The Labute approximate surface area is 215 Å². The van der Waals surface area contributed by atoms with Gasteiger partial charge in [0.2, 0.25) is 5.88 Å². The Morgan fingerprint density at radius 1 is 1.24 bits per heavy atom. The Balaban J connectivity index is 1.37. The smallest absolute Gasteiger partial charge is 0.345 e. The highest BCUT2D eigenvalue weighted by Crippen LogP contribution is 2.57. The molecule has 3 atom stereocenters. The maximum Gasteiger partial charge on any atom is 0.345 e. The lowest BCUT2D eigenvalue weighted by atomic mass is 9.52. The van der Waals surface area contributed by atoms with Gasteiger partial charge in [-0.05, 0) is 87.8 Å². The number of carbonyl (C=O) groups excluding carboxylic acids is 1. The van der Waals surface area contributed by atoms with Crippen molar-refractivity contribution in [3.05, 3.63) is 23.4 Å². The zero-order valence-electron chi connectivity index (χ0n) is 21.3. The summed E-state index contributed by atoms with van der Waals surface area (Å²) in [5.74, 6) is -0.391. The summed E-state index contributed by atoms with van der Waals surface area (Å²) < 4.78 is 37.3. The Bertz CT molecular complexity index is 996. The Morgan fingerprint density at radius 2 is 2.00 bits per heavy atom. The number of rotatable bonds is 10. The number of halogens is 2. The van der Waals surface area contributed by atoms with Crippen molar-refractivity contribution in [1.29, 1.82) is 0 Å². The lowest BCUT2D eigenvalue weighted by molar-refractivity contribution is -0.260. The number of hydrogen-bond acceptors (Lipinski definition) is 6. The third kappa shape index (κ3) is 5.32. The summed E-state index contributed by atoms with van der Waals surface area (Å²) >= 11 is 0. The molecule has 10 heteroatoms. The molecular formula is C27H37F2N3O5. The van der Waals surface area contributed by atoms with Crippen LogP contribution in [0.2, 0.25) is 0 Å². The fourth-order valence-corrected chi connectivity index (χ4v) is 7.68. The minimum Gasteiger partial charge on any atom is -0.481 e. The van der Waals surface area contributed by atoms with Crippen LogP contribution in [0.4, 0.5) is 8.78 Å². The molecule has 204 valence electrons. The van der Waals surface area contributed by atoms with Crippen LogP contribution in [0.5, 0.6) is 5.88 Å². The molecule has 5 fully saturated rings. The van der Waals surface area contributed by atoms with Gasteiger partial charge in [0, 0.05) is 18.0 Å². The summed E-state index contributed by atoms with van der Waals surface area (Å²) in [6.07, 6.45) is 5.78. The summed E-state index contributed by atoms with van der Waals surface area (Å²) in [5, 5.41) is 16.1. The van der Waals surface area contributed by atoms with Gasteiger partial charge in [-0.25, -0.2) is 4.98 Å². The molecule has 1 amide bonds. The highest BCUT2D eigenvalue weighted by atomic mass is 19.3. The van der Waals surface area contributed by atoms with E-state index in [4.69, 9.17) is 14.5 Å². The SMILES string of the molecule is CCCOc1nc([C@]2(CC(=O)O)CCCNC2)ccc1C(=O)N[C@H]1C2CC3CC1C[C@@](OC(F)F)(C3)C2. The van der Waals surface area contributed by atoms with Crippen LogP contribution in [0.1, 0.15) is 80.8 Å². The van der Waals surface area contributed by atoms with Gasteiger partial charge in [-0.3, -0.25) is 9.59 Å². The average molecular weight is 522 g/mol. The average Bonchev–Trinajstić information content (AvgIpc) is 2.83. The quantitative estimate of drug-likeness (QED) is 0.429. The van der Waals surface area contributed by atoms with Gasteiger partial charge in [0.15, 0.2) is 0 Å². The zero-order chi connectivity index (χ0) is 26.2. The second-order valence-corrected chi connectivity index (χ2v) is 11.6. The molecule has 4 bridgehead atoms. The van der Waals surface area contributed by atoms with E-state index in [0.29, 0.717) is 56.0 Å². The molecule has 5 aliphatic rings. The first-order valence-electron chi connectivity index (χ1n) is 13.6. The molecule has 4 saturated carbocycles. The molecule has 2 unspecified atom stereocenters. The molecule has 1 aromatic rings. The van der Waals surface area contributed by atoms with Crippen LogP contribution in [-0.2, 0) is 14.9 Å². The van der Waals surface area contributed by atoms with E-state index >= 15 is 0 Å². The largest absolute Gasteiger partial charge is 0.481 e. The van der Waals surface area contributed by atoms with E-state index in [1.807, 2.05) is 6.92 Å². The molecular weight excluding hydrogens is 484 g/mol. The van der Waals surface area contributed by atoms with E-state index in [1.54, 1.807) is 12.1 Å². The highest BCUT2D eigenvalue weighted by Gasteiger charge is 2.57. The van der Waals surface area contributed by atoms with Crippen molar-refractivity contribution in [2.75, 3.05) is 19.7 Å². The fraction of sp³-hybridized carbons (Fsp3) is 0.741. The van der Waals surface area contributed by atoms with Gasteiger partial charge in [0.05, 0.1) is 24.3 Å². The number of piperidine rings is 1. The van der Waals surface area contributed by atoms with Crippen molar-refractivity contribution in [1.82, 2.24) is 15.6 Å². The van der Waals surface area contributed by atoms with E-state index in [-0.39, 0.29) is 36.1 Å². The first-order valence-corrected chi connectivity index (χ1v) is 13.6. The molecule has 6 rings (SSSR count). The summed E-state index contributed by atoms with van der Waals surface area (Å²) in [4.78, 5) is 30.0. The number of nitrogens with one attached hydrogen (secondary N) is 2. The number of ether oxygens (including phenoxy) is 2. The Hall–Kier alpha value is -2.33. The van der Waals surface area contributed by atoms with Crippen LogP contribution in [0.15, 0.2) is 12.1 Å². The van der Waals surface area contributed by atoms with Crippen molar-refractivity contribution >= 4 is 11.9 Å². The monoisotopic (exact) mass is 521 g/mol. The van der Waals surface area contributed by atoms with Crippen molar-refractivity contribution in [3.8, 4) is 5.88 Å². The molecule has 0 radical (unpaired) electrons. The fourth-order valence-electron chi connectivity index (χ4n) is 7.68. The molecule has 4 aliphatic carbocycles. The minimum atomic E-state index is -2.78. The summed E-state index contributed by atoms with van der Waals surface area (Å²) in [6.45, 7) is 0.892. The van der Waals surface area contributed by atoms with Crippen LogP contribution in [0, 0.1) is 17.8 Å². The summed E-state index contributed by atoms with van der Waals surface area (Å²) in [5.41, 5.74) is -0.495. The number of aliphatic carboxylic acids is 1. The second kappa shape index (κ2) is 10.4. The first kappa shape index (κ1) is 26.3. The Morgan fingerprint density at radius 3 is 2.62 bits per heavy atom. The van der Waals surface area contributed by atoms with Gasteiger partial charge in [-0.15, -0.1) is 0 Å². The van der Waals surface area contributed by atoms with Gasteiger partial charge in [0.25, 0.3) is 5.91 Å². The molecule has 1 aromatic heterocycles. The van der Waals surface area contributed by atoms with E-state index in [2.05, 4.69) is 10.6 Å². The van der Waals surface area contributed by atoms with Crippen molar-refractivity contribution in [3.63, 3.8) is 0 Å². The van der Waals surface area contributed by atoms with Gasteiger partial charge >= 0.3 is 12.6 Å². The van der Waals surface area contributed by atoms with Crippen LogP contribution >= 0.6 is 0 Å². The van der Waals surface area contributed by atoms with Gasteiger partial charge in [0.1, 0.15) is 5.56 Å². The number of carbonyl (C=O) groups is 2. The maximum absolute atomic E-state index is 13.5. The van der Waals surface area contributed by atoms with Crippen LogP contribution in [0.25, 0.3) is 0 Å². The van der Waals surface area contributed by atoms with E-state index < -0.39 is 23.6 Å². The highest BCUT2D eigenvalue weighted by molar-refractivity contribution is 5.96. The number of aromatic nitrogens is 1. The van der Waals surface area contributed by atoms with E-state index in [0.717, 1.165) is 32.2 Å². The number of carboxylic acids is 1. The van der Waals surface area contributed by atoms with Gasteiger partial charge < -0.3 is 25.2 Å². The number of carboxylic acid groups (broad SMARTS) is 1. The van der Waals surface area contributed by atoms with Crippen molar-refractivity contribution < 1.29 is 33.0 Å². The lowest BCUT2D eigenvalue weighted by Gasteiger charge is -2.59. The molecule has 3 N–H and O–H groups in total. The third-order valence-corrected chi connectivity index (χ3v) is 8.91. The van der Waals surface area contributed by atoms with Crippen LogP contribution < -0.4 is 15.4 Å². The molecule has 0 aromatic carbocycles. The van der Waals surface area contributed by atoms with Crippen LogP contribution in [-0.4, -0.2) is 59.9 Å². The normalized spacial score (nSPS) is 34.5. The predicted molar refractivity (Wildman–Crippen MR) is 131 cm³/mol. The Kier molecular flexibility index (Phi) is 7.42.